The van der Waals surface area contributed by atoms with Crippen LogP contribution in [0.1, 0.15) is 170 Å². The van der Waals surface area contributed by atoms with Crippen molar-refractivity contribution >= 4 is 35.3 Å². The maximum atomic E-state index is 12.8. The van der Waals surface area contributed by atoms with Gasteiger partial charge in [-0.1, -0.05) is 92.2 Å². The molecule has 3 saturated carbocycles. The average molecular weight is 815 g/mol. The van der Waals surface area contributed by atoms with Crippen LogP contribution < -0.4 is 10.6 Å². The molecule has 3 fully saturated rings. The summed E-state index contributed by atoms with van der Waals surface area (Å²) in [7, 11) is 0. The maximum absolute atomic E-state index is 12.8. The third kappa shape index (κ3) is 13.8. The second kappa shape index (κ2) is 23.8. The number of carbonyl (C=O) groups is 4. The van der Waals surface area contributed by atoms with Crippen molar-refractivity contribution in [2.45, 2.75) is 177 Å². The molecule has 0 aromatic carbocycles. The van der Waals surface area contributed by atoms with Crippen molar-refractivity contribution in [1.82, 2.24) is 10.6 Å². The van der Waals surface area contributed by atoms with Crippen molar-refractivity contribution in [3.63, 3.8) is 0 Å². The average Bonchev–Trinajstić information content (AvgIpc) is 3.54. The lowest BCUT2D eigenvalue weighted by Gasteiger charge is -2.58. The highest BCUT2D eigenvalue weighted by atomic mass is 32.2. The molecule has 4 rings (SSSR count). The molecular formula is C48H82N2O6S. The Morgan fingerprint density at radius 2 is 1.63 bits per heavy atom. The molecule has 0 bridgehead atoms. The van der Waals surface area contributed by atoms with E-state index in [2.05, 4.69) is 58.3 Å². The fourth-order valence-electron chi connectivity index (χ4n) is 11.8. The molecule has 4 aliphatic rings. The van der Waals surface area contributed by atoms with Crippen LogP contribution in [0.5, 0.6) is 0 Å². The Labute approximate surface area is 351 Å². The van der Waals surface area contributed by atoms with E-state index in [1.54, 1.807) is 5.57 Å². The van der Waals surface area contributed by atoms with Crippen molar-refractivity contribution in [3.05, 3.63) is 11.6 Å². The monoisotopic (exact) mass is 815 g/mol. The molecular weight excluding hydrogens is 733 g/mol. The molecule has 4 aliphatic carbocycles. The Morgan fingerprint density at radius 3 is 2.39 bits per heavy atom. The second-order valence-corrected chi connectivity index (χ2v) is 20.4. The quantitative estimate of drug-likeness (QED) is 0.0508. The van der Waals surface area contributed by atoms with E-state index in [0.29, 0.717) is 55.2 Å². The third-order valence-corrected chi connectivity index (χ3v) is 16.0. The Kier molecular flexibility index (Phi) is 20.0. The van der Waals surface area contributed by atoms with Crippen LogP contribution in [0.3, 0.4) is 0 Å². The minimum Gasteiger partial charge on any atom is -0.462 e. The highest BCUT2D eigenvalue weighted by Gasteiger charge is 2.59. The smallest absolute Gasteiger partial charge is 0.308 e. The number of thioether (sulfide) groups is 1. The van der Waals surface area contributed by atoms with Gasteiger partial charge >= 0.3 is 5.97 Å². The highest BCUT2D eigenvalue weighted by molar-refractivity contribution is 7.99. The van der Waals surface area contributed by atoms with Crippen molar-refractivity contribution in [3.8, 4) is 0 Å². The van der Waals surface area contributed by atoms with Gasteiger partial charge in [0, 0.05) is 44.0 Å². The summed E-state index contributed by atoms with van der Waals surface area (Å²) < 4.78 is 11.6. The van der Waals surface area contributed by atoms with Gasteiger partial charge in [0.25, 0.3) is 0 Å². The third-order valence-electron chi connectivity index (χ3n) is 15.0. The Hall–Kier alpha value is -1.87. The first-order valence-corrected chi connectivity index (χ1v) is 24.6. The first-order valence-electron chi connectivity index (χ1n) is 23.4. The molecule has 0 aromatic heterocycles. The summed E-state index contributed by atoms with van der Waals surface area (Å²) in [6.45, 7) is 18.1. The van der Waals surface area contributed by atoms with Gasteiger partial charge < -0.3 is 20.1 Å². The SMILES string of the molecule is CCCC(CCCCNC(=O)CCSCC(=O)NCCOCCC(=O)O[C@H]1CC[C@@]2(C)C(=CC[C@H]3[C@H]4CC[C@H]([C@H](C)CCCC(C)C)[C@@]4(C)CC[C@H]32)C1)C(=O)CC. The summed E-state index contributed by atoms with van der Waals surface area (Å²) in [4.78, 5) is 49.2. The molecule has 0 heterocycles. The van der Waals surface area contributed by atoms with Gasteiger partial charge in [-0.25, -0.2) is 0 Å². The number of allylic oxidation sites excluding steroid dienone is 1. The summed E-state index contributed by atoms with van der Waals surface area (Å²) >= 11 is 1.44. The first kappa shape index (κ1) is 47.8. The van der Waals surface area contributed by atoms with Crippen LogP contribution in [0, 0.1) is 52.3 Å². The van der Waals surface area contributed by atoms with Crippen LogP contribution in [0.15, 0.2) is 11.6 Å². The Bertz CT molecular complexity index is 1320. The number of esters is 1. The summed E-state index contributed by atoms with van der Waals surface area (Å²) in [5, 5.41) is 5.81. The van der Waals surface area contributed by atoms with E-state index in [-0.39, 0.29) is 48.2 Å². The molecule has 57 heavy (non-hydrogen) atoms. The lowest BCUT2D eigenvalue weighted by molar-refractivity contribution is -0.152. The van der Waals surface area contributed by atoms with Crippen molar-refractivity contribution in [2.24, 2.45) is 52.3 Å². The highest BCUT2D eigenvalue weighted by Crippen LogP contribution is 2.67. The van der Waals surface area contributed by atoms with Crippen molar-refractivity contribution in [1.29, 1.82) is 0 Å². The van der Waals surface area contributed by atoms with Crippen LogP contribution in [0.4, 0.5) is 0 Å². The normalized spacial score (nSPS) is 29.1. The summed E-state index contributed by atoms with van der Waals surface area (Å²) in [6, 6.07) is 0. The van der Waals surface area contributed by atoms with E-state index >= 15 is 0 Å². The van der Waals surface area contributed by atoms with Gasteiger partial charge in [0.1, 0.15) is 11.9 Å². The van der Waals surface area contributed by atoms with Crippen LogP contribution in [0.25, 0.3) is 0 Å². The maximum Gasteiger partial charge on any atom is 0.308 e. The lowest BCUT2D eigenvalue weighted by atomic mass is 9.47. The minimum absolute atomic E-state index is 0.00247. The topological polar surface area (TPSA) is 111 Å². The molecule has 1 unspecified atom stereocenters. The molecule has 2 amide bonds. The largest absolute Gasteiger partial charge is 0.462 e. The number of Topliss-reactive ketones (excluding diaryl/α,β-unsaturated/α-hetero) is 1. The van der Waals surface area contributed by atoms with E-state index in [1.165, 1.54) is 63.1 Å². The Balaban J connectivity index is 1.04. The zero-order chi connectivity index (χ0) is 41.4. The molecule has 0 saturated heterocycles. The minimum atomic E-state index is -0.195. The summed E-state index contributed by atoms with van der Waals surface area (Å²) in [5.41, 5.74) is 2.29. The fourth-order valence-corrected chi connectivity index (χ4v) is 12.6. The van der Waals surface area contributed by atoms with Gasteiger partial charge in [0.2, 0.25) is 11.8 Å². The van der Waals surface area contributed by atoms with Gasteiger partial charge in [-0.15, -0.1) is 0 Å². The number of carbonyl (C=O) groups excluding carboxylic acids is 4. The second-order valence-electron chi connectivity index (χ2n) is 19.3. The van der Waals surface area contributed by atoms with Crippen molar-refractivity contribution < 1.29 is 28.7 Å². The van der Waals surface area contributed by atoms with E-state index in [9.17, 15) is 19.2 Å². The van der Waals surface area contributed by atoms with Gasteiger partial charge in [-0.3, -0.25) is 19.2 Å². The molecule has 2 N–H and O–H groups in total. The molecule has 0 spiro atoms. The van der Waals surface area contributed by atoms with E-state index in [4.69, 9.17) is 9.47 Å². The predicted molar refractivity (Wildman–Crippen MR) is 234 cm³/mol. The van der Waals surface area contributed by atoms with E-state index in [0.717, 1.165) is 86.9 Å². The number of hydrogen-bond acceptors (Lipinski definition) is 7. The predicted octanol–water partition coefficient (Wildman–Crippen LogP) is 10.3. The van der Waals surface area contributed by atoms with Gasteiger partial charge in [0.05, 0.1) is 25.4 Å². The number of ketones is 1. The molecule has 9 heteroatoms. The molecule has 0 radical (unpaired) electrons. The number of hydrogen-bond donors (Lipinski definition) is 2. The summed E-state index contributed by atoms with van der Waals surface area (Å²) in [5.74, 6) is 6.04. The molecule has 326 valence electrons. The molecule has 0 aliphatic heterocycles. The van der Waals surface area contributed by atoms with Crippen LogP contribution in [-0.4, -0.2) is 67.5 Å². The van der Waals surface area contributed by atoms with Crippen molar-refractivity contribution in [2.75, 3.05) is 37.8 Å². The summed E-state index contributed by atoms with van der Waals surface area (Å²) in [6.07, 6.45) is 22.3. The zero-order valence-electron chi connectivity index (χ0n) is 37.2. The molecule has 0 aromatic rings. The lowest BCUT2D eigenvalue weighted by Crippen LogP contribution is -2.51. The number of unbranched alkanes of at least 4 members (excludes halogenated alkanes) is 1. The van der Waals surface area contributed by atoms with Gasteiger partial charge in [-0.2, -0.15) is 11.8 Å². The number of ether oxygens (including phenoxy) is 2. The number of rotatable bonds is 26. The zero-order valence-corrected chi connectivity index (χ0v) is 38.0. The number of fused-ring (bicyclic) bond motifs is 5. The van der Waals surface area contributed by atoms with E-state index < -0.39 is 0 Å². The molecule has 9 atom stereocenters. The van der Waals surface area contributed by atoms with E-state index in [1.807, 2.05) is 6.92 Å². The molecule has 8 nitrogen and oxygen atoms in total. The Morgan fingerprint density at radius 1 is 0.842 bits per heavy atom. The standard InChI is InChI=1S/C48H82N2O6S/c1-8-13-36(43(51)9-2)16-10-11-27-49-44(52)24-31-57-33-45(53)50-28-30-55-29-23-46(54)56-38-21-25-47(6)37(32-38)17-18-39-41-20-19-40(35(5)15-12-14-34(3)4)48(41,7)26-22-42(39)47/h17,34-36,38-42H,8-16,18-33H2,1-7H3,(H,49,52)(H,50,53)/t35-,36?,38+,39+,40-,41-,42-,47+,48-/m1/s1. The number of amides is 2. The van der Waals surface area contributed by atoms with Gasteiger partial charge in [0.15, 0.2) is 0 Å². The first-order chi connectivity index (χ1) is 27.3. The van der Waals surface area contributed by atoms with Crippen LogP contribution in [0.2, 0.25) is 0 Å². The van der Waals surface area contributed by atoms with Gasteiger partial charge in [-0.05, 0) is 111 Å². The number of nitrogens with one attached hydrogen (secondary N) is 2. The van der Waals surface area contributed by atoms with Crippen LogP contribution >= 0.6 is 11.8 Å². The fraction of sp³-hybridized carbons (Fsp3) is 0.875. The van der Waals surface area contributed by atoms with Crippen LogP contribution in [-0.2, 0) is 28.7 Å².